The van der Waals surface area contributed by atoms with Crippen LogP contribution in [0.5, 0.6) is 11.5 Å². The van der Waals surface area contributed by atoms with Crippen molar-refractivity contribution in [3.8, 4) is 11.5 Å². The lowest BCUT2D eigenvalue weighted by atomic mass is 9.99. The summed E-state index contributed by atoms with van der Waals surface area (Å²) < 4.78 is 21.5. The quantitative estimate of drug-likeness (QED) is 0.441. The molecule has 0 bridgehead atoms. The van der Waals surface area contributed by atoms with Gasteiger partial charge < -0.3 is 28.8 Å². The molecule has 8 nitrogen and oxygen atoms in total. The van der Waals surface area contributed by atoms with Gasteiger partial charge in [-0.25, -0.2) is 9.59 Å². The van der Waals surface area contributed by atoms with Crippen LogP contribution in [0.25, 0.3) is 11.0 Å². The van der Waals surface area contributed by atoms with E-state index in [2.05, 4.69) is 0 Å². The topological polar surface area (TPSA) is 119 Å². The second-order valence-electron chi connectivity index (χ2n) is 6.81. The standard InChI is InChI=1S/C19H18O8/c1-19(7-12-6-11(8-20)18(23)25-12)14(27-19)9-24-13-4-2-10-3-5-15(21)26-17(10)16(13)22/h2-6,12,14,20,22H,7-9H2,1H3. The zero-order valence-corrected chi connectivity index (χ0v) is 14.5. The molecule has 0 radical (unpaired) electrons. The molecule has 1 aromatic carbocycles. The molecular formula is C19H18O8. The second kappa shape index (κ2) is 6.40. The minimum absolute atomic E-state index is 0.0685. The number of carbonyl (C=O) groups is 1. The Morgan fingerprint density at radius 1 is 1.22 bits per heavy atom. The molecule has 3 heterocycles. The number of aromatic hydroxyl groups is 1. The molecule has 3 atom stereocenters. The van der Waals surface area contributed by atoms with Gasteiger partial charge in [-0.1, -0.05) is 0 Å². The number of rotatable bonds is 6. The maximum atomic E-state index is 11.5. The summed E-state index contributed by atoms with van der Waals surface area (Å²) in [6.07, 6.45) is 1.35. The van der Waals surface area contributed by atoms with E-state index in [0.717, 1.165) is 0 Å². The molecule has 2 aromatic rings. The molecule has 0 saturated carbocycles. The Labute approximate surface area is 153 Å². The highest BCUT2D eigenvalue weighted by Crippen LogP contribution is 2.43. The van der Waals surface area contributed by atoms with E-state index in [1.807, 2.05) is 6.92 Å². The van der Waals surface area contributed by atoms with Gasteiger partial charge in [0, 0.05) is 17.9 Å². The molecule has 4 rings (SSSR count). The molecule has 2 N–H and O–H groups in total. The van der Waals surface area contributed by atoms with E-state index in [1.165, 1.54) is 6.07 Å². The normalized spacial score (nSPS) is 26.7. The number of phenols is 1. The Kier molecular flexibility index (Phi) is 4.16. The fraction of sp³-hybridized carbons (Fsp3) is 0.368. The van der Waals surface area contributed by atoms with Crippen LogP contribution in [0.15, 0.2) is 45.1 Å². The first-order valence-corrected chi connectivity index (χ1v) is 8.48. The minimum atomic E-state index is -0.561. The van der Waals surface area contributed by atoms with Crippen molar-refractivity contribution < 1.29 is 33.6 Å². The van der Waals surface area contributed by atoms with E-state index in [9.17, 15) is 14.7 Å². The Morgan fingerprint density at radius 3 is 2.74 bits per heavy atom. The van der Waals surface area contributed by atoms with E-state index >= 15 is 0 Å². The van der Waals surface area contributed by atoms with Gasteiger partial charge in [-0.2, -0.15) is 0 Å². The minimum Gasteiger partial charge on any atom is -0.502 e. The summed E-state index contributed by atoms with van der Waals surface area (Å²) in [5.41, 5.74) is -0.779. The third kappa shape index (κ3) is 3.29. The Balaban J connectivity index is 1.40. The average molecular weight is 374 g/mol. The second-order valence-corrected chi connectivity index (χ2v) is 6.81. The number of carbonyl (C=O) groups excluding carboxylic acids is 1. The van der Waals surface area contributed by atoms with Crippen LogP contribution in [0.4, 0.5) is 0 Å². The molecule has 2 aliphatic rings. The maximum Gasteiger partial charge on any atom is 0.336 e. The summed E-state index contributed by atoms with van der Waals surface area (Å²) in [6, 6.07) is 6.10. The van der Waals surface area contributed by atoms with Crippen molar-refractivity contribution in [2.45, 2.75) is 31.2 Å². The predicted molar refractivity (Wildman–Crippen MR) is 92.6 cm³/mol. The van der Waals surface area contributed by atoms with Gasteiger partial charge >= 0.3 is 11.6 Å². The third-order valence-electron chi connectivity index (χ3n) is 4.84. The van der Waals surface area contributed by atoms with E-state index in [1.54, 1.807) is 24.3 Å². The first-order valence-electron chi connectivity index (χ1n) is 8.48. The van der Waals surface area contributed by atoms with Crippen molar-refractivity contribution in [2.24, 2.45) is 0 Å². The first-order chi connectivity index (χ1) is 12.9. The molecule has 3 unspecified atom stereocenters. The number of hydrogen-bond donors (Lipinski definition) is 2. The fourth-order valence-corrected chi connectivity index (χ4v) is 3.22. The monoisotopic (exact) mass is 374 g/mol. The summed E-state index contributed by atoms with van der Waals surface area (Å²) in [5.74, 6) is -0.570. The van der Waals surface area contributed by atoms with Crippen LogP contribution in [0.1, 0.15) is 13.3 Å². The van der Waals surface area contributed by atoms with E-state index in [4.69, 9.17) is 23.7 Å². The van der Waals surface area contributed by atoms with Gasteiger partial charge in [0.25, 0.3) is 0 Å². The van der Waals surface area contributed by atoms with Crippen molar-refractivity contribution in [3.05, 3.63) is 46.3 Å². The van der Waals surface area contributed by atoms with Gasteiger partial charge in [-0.3, -0.25) is 0 Å². The molecule has 2 aliphatic heterocycles. The van der Waals surface area contributed by atoms with Gasteiger partial charge in [0.1, 0.15) is 18.8 Å². The molecule has 1 saturated heterocycles. The van der Waals surface area contributed by atoms with Crippen LogP contribution >= 0.6 is 0 Å². The van der Waals surface area contributed by atoms with E-state index < -0.39 is 23.3 Å². The van der Waals surface area contributed by atoms with Crippen LogP contribution in [0.3, 0.4) is 0 Å². The summed E-state index contributed by atoms with van der Waals surface area (Å²) in [6.45, 7) is 1.69. The Morgan fingerprint density at radius 2 is 2.00 bits per heavy atom. The molecule has 0 amide bonds. The highest BCUT2D eigenvalue weighted by molar-refractivity contribution is 5.91. The molecule has 1 aromatic heterocycles. The van der Waals surface area contributed by atoms with Crippen LogP contribution < -0.4 is 10.4 Å². The molecule has 0 aliphatic carbocycles. The van der Waals surface area contributed by atoms with Gasteiger partial charge in [0.2, 0.25) is 5.75 Å². The Bertz CT molecular complexity index is 991. The number of esters is 1. The lowest BCUT2D eigenvalue weighted by Crippen LogP contribution is -2.22. The van der Waals surface area contributed by atoms with Crippen LogP contribution in [0, 0.1) is 0 Å². The zero-order valence-electron chi connectivity index (χ0n) is 14.5. The lowest BCUT2D eigenvalue weighted by Gasteiger charge is -2.12. The van der Waals surface area contributed by atoms with Crippen LogP contribution in [-0.4, -0.2) is 47.2 Å². The number of aliphatic hydroxyl groups is 1. The maximum absolute atomic E-state index is 11.5. The van der Waals surface area contributed by atoms with Gasteiger partial charge in [-0.15, -0.1) is 0 Å². The molecular weight excluding hydrogens is 356 g/mol. The summed E-state index contributed by atoms with van der Waals surface area (Å²) >= 11 is 0. The highest BCUT2D eigenvalue weighted by Gasteiger charge is 2.54. The van der Waals surface area contributed by atoms with Crippen molar-refractivity contribution >= 4 is 16.9 Å². The first kappa shape index (κ1) is 17.6. The smallest absolute Gasteiger partial charge is 0.336 e. The Hall–Kier alpha value is -2.84. The van der Waals surface area contributed by atoms with E-state index in [0.29, 0.717) is 11.8 Å². The molecule has 1 fully saturated rings. The van der Waals surface area contributed by atoms with E-state index in [-0.39, 0.29) is 42.0 Å². The number of fused-ring (bicyclic) bond motifs is 1. The molecule has 8 heteroatoms. The number of cyclic esters (lactones) is 1. The van der Waals surface area contributed by atoms with Crippen molar-refractivity contribution in [1.82, 2.24) is 0 Å². The lowest BCUT2D eigenvalue weighted by molar-refractivity contribution is -0.140. The van der Waals surface area contributed by atoms with Crippen molar-refractivity contribution in [2.75, 3.05) is 13.2 Å². The van der Waals surface area contributed by atoms with Gasteiger partial charge in [-0.05, 0) is 31.2 Å². The summed E-state index contributed by atoms with van der Waals surface area (Å²) in [4.78, 5) is 22.9. The highest BCUT2D eigenvalue weighted by atomic mass is 16.6. The third-order valence-corrected chi connectivity index (χ3v) is 4.84. The average Bonchev–Trinajstić information content (AvgIpc) is 3.13. The van der Waals surface area contributed by atoms with Gasteiger partial charge in [0.05, 0.1) is 17.8 Å². The SMILES string of the molecule is CC1(CC2C=C(CO)C(=O)O2)OC1COc1ccc2ccc(=O)oc2c1O. The molecule has 27 heavy (non-hydrogen) atoms. The fourth-order valence-electron chi connectivity index (χ4n) is 3.22. The number of phenolic OH excluding ortho intramolecular Hbond substituents is 1. The largest absolute Gasteiger partial charge is 0.502 e. The molecule has 0 spiro atoms. The zero-order chi connectivity index (χ0) is 19.2. The summed E-state index contributed by atoms with van der Waals surface area (Å²) in [7, 11) is 0. The van der Waals surface area contributed by atoms with Gasteiger partial charge in [0.15, 0.2) is 11.3 Å². The number of ether oxygens (including phenoxy) is 3. The number of epoxide rings is 1. The predicted octanol–water partition coefficient (Wildman–Crippen LogP) is 1.27. The number of benzene rings is 1. The van der Waals surface area contributed by atoms with Crippen LogP contribution in [-0.2, 0) is 14.3 Å². The number of aliphatic hydroxyl groups excluding tert-OH is 1. The van der Waals surface area contributed by atoms with Crippen molar-refractivity contribution in [3.63, 3.8) is 0 Å². The van der Waals surface area contributed by atoms with Crippen LogP contribution in [0.2, 0.25) is 0 Å². The molecule has 142 valence electrons. The van der Waals surface area contributed by atoms with Crippen molar-refractivity contribution in [1.29, 1.82) is 0 Å². The summed E-state index contributed by atoms with van der Waals surface area (Å²) in [5, 5.41) is 19.9. The number of hydrogen-bond acceptors (Lipinski definition) is 8.